The molecule has 0 fully saturated rings. The second-order valence-corrected chi connectivity index (χ2v) is 4.28. The average molecular weight is 252 g/mol. The number of aliphatic hydroxyl groups is 1. The summed E-state index contributed by atoms with van der Waals surface area (Å²) in [5.74, 6) is 0.0121. The van der Waals surface area contributed by atoms with Crippen molar-refractivity contribution in [3.05, 3.63) is 29.8 Å². The number of hydrogen-bond donors (Lipinski definition) is 2. The van der Waals surface area contributed by atoms with Crippen molar-refractivity contribution in [2.45, 2.75) is 38.2 Å². The van der Waals surface area contributed by atoms with Gasteiger partial charge in [0.2, 0.25) is 0 Å². The fraction of sp³-hybridized carbons (Fsp3) is 0.500. The van der Waals surface area contributed by atoms with Crippen molar-refractivity contribution in [2.24, 2.45) is 0 Å². The first-order chi connectivity index (χ1) is 8.63. The molecule has 0 bridgehead atoms. The second kappa shape index (κ2) is 7.71. The lowest BCUT2D eigenvalue weighted by Crippen LogP contribution is -1.98. The van der Waals surface area contributed by atoms with Gasteiger partial charge in [-0.15, -0.1) is 0 Å². The molecule has 1 aromatic rings. The molecule has 18 heavy (non-hydrogen) atoms. The Kier molecular flexibility index (Phi) is 6.22. The molecule has 0 saturated heterocycles. The molecule has 0 aliphatic carbocycles. The quantitative estimate of drug-likeness (QED) is 0.698. The van der Waals surface area contributed by atoms with Crippen molar-refractivity contribution in [1.82, 2.24) is 0 Å². The van der Waals surface area contributed by atoms with Crippen molar-refractivity contribution < 1.29 is 19.7 Å². The van der Waals surface area contributed by atoms with E-state index in [1.54, 1.807) is 7.11 Å². The summed E-state index contributed by atoms with van der Waals surface area (Å²) in [6.45, 7) is 0. The molecule has 1 atom stereocenters. The number of aliphatic hydroxyl groups excluding tert-OH is 1. The molecule has 0 aromatic heterocycles. The van der Waals surface area contributed by atoms with E-state index in [4.69, 9.17) is 9.84 Å². The van der Waals surface area contributed by atoms with E-state index in [0.717, 1.165) is 24.2 Å². The number of aliphatic carboxylic acids is 1. The Hall–Kier alpha value is -1.55. The van der Waals surface area contributed by atoms with Crippen LogP contribution in [0.4, 0.5) is 0 Å². The lowest BCUT2D eigenvalue weighted by Gasteiger charge is -2.11. The number of rotatable bonds is 8. The molecule has 4 heteroatoms. The molecule has 1 unspecified atom stereocenters. The highest BCUT2D eigenvalue weighted by atomic mass is 16.5. The van der Waals surface area contributed by atoms with Gasteiger partial charge in [-0.25, -0.2) is 0 Å². The molecular weight excluding hydrogens is 232 g/mol. The van der Waals surface area contributed by atoms with Gasteiger partial charge in [-0.1, -0.05) is 25.0 Å². The number of hydrogen-bond acceptors (Lipinski definition) is 3. The van der Waals surface area contributed by atoms with Crippen LogP contribution in [0.25, 0.3) is 0 Å². The third-order valence-corrected chi connectivity index (χ3v) is 2.87. The third-order valence-electron chi connectivity index (χ3n) is 2.87. The topological polar surface area (TPSA) is 66.8 Å². The van der Waals surface area contributed by atoms with Crippen molar-refractivity contribution in [3.63, 3.8) is 0 Å². The number of methoxy groups -OCH3 is 1. The second-order valence-electron chi connectivity index (χ2n) is 4.28. The van der Waals surface area contributed by atoms with Gasteiger partial charge in [0.15, 0.2) is 0 Å². The van der Waals surface area contributed by atoms with Gasteiger partial charge >= 0.3 is 5.97 Å². The van der Waals surface area contributed by atoms with Gasteiger partial charge in [0, 0.05) is 6.42 Å². The fourth-order valence-electron chi connectivity index (χ4n) is 1.78. The summed E-state index contributed by atoms with van der Waals surface area (Å²) in [6, 6.07) is 7.34. The molecule has 1 rings (SSSR count). The van der Waals surface area contributed by atoms with Crippen LogP contribution in [0.2, 0.25) is 0 Å². The highest BCUT2D eigenvalue weighted by Gasteiger charge is 2.07. The van der Waals surface area contributed by atoms with E-state index in [0.29, 0.717) is 12.8 Å². The normalized spacial score (nSPS) is 12.1. The van der Waals surface area contributed by atoms with Crippen molar-refractivity contribution in [2.75, 3.05) is 7.11 Å². The highest BCUT2D eigenvalue weighted by Crippen LogP contribution is 2.22. The molecule has 0 aliphatic heterocycles. The molecule has 2 N–H and O–H groups in total. The SMILES string of the molecule is COc1ccc(C(O)CCCCCC(=O)O)cc1. The zero-order valence-corrected chi connectivity index (χ0v) is 10.6. The number of carbonyl (C=O) groups is 1. The van der Waals surface area contributed by atoms with Crippen molar-refractivity contribution in [1.29, 1.82) is 0 Å². The van der Waals surface area contributed by atoms with E-state index in [-0.39, 0.29) is 6.42 Å². The van der Waals surface area contributed by atoms with Gasteiger partial charge in [0.25, 0.3) is 0 Å². The standard InChI is InChI=1S/C14H20O4/c1-18-12-9-7-11(8-10-12)13(15)5-3-2-4-6-14(16)17/h7-10,13,15H,2-6H2,1H3,(H,16,17). The summed E-state index contributed by atoms with van der Waals surface area (Å²) < 4.78 is 5.05. The molecule has 0 radical (unpaired) electrons. The summed E-state index contributed by atoms with van der Waals surface area (Å²) in [7, 11) is 1.61. The molecule has 100 valence electrons. The summed E-state index contributed by atoms with van der Waals surface area (Å²) in [5, 5.41) is 18.4. The van der Waals surface area contributed by atoms with Crippen LogP contribution in [0.3, 0.4) is 0 Å². The molecular formula is C14H20O4. The largest absolute Gasteiger partial charge is 0.497 e. The van der Waals surface area contributed by atoms with Crippen LogP contribution < -0.4 is 4.74 Å². The van der Waals surface area contributed by atoms with E-state index in [2.05, 4.69) is 0 Å². The monoisotopic (exact) mass is 252 g/mol. The minimum Gasteiger partial charge on any atom is -0.497 e. The van der Waals surface area contributed by atoms with Gasteiger partial charge in [-0.05, 0) is 30.5 Å². The lowest BCUT2D eigenvalue weighted by atomic mass is 10.0. The van der Waals surface area contributed by atoms with Crippen molar-refractivity contribution >= 4 is 5.97 Å². The van der Waals surface area contributed by atoms with Crippen LogP contribution in [-0.4, -0.2) is 23.3 Å². The number of unbranched alkanes of at least 4 members (excludes halogenated alkanes) is 2. The highest BCUT2D eigenvalue weighted by molar-refractivity contribution is 5.66. The molecule has 0 amide bonds. The Morgan fingerprint density at radius 2 is 1.89 bits per heavy atom. The Bertz CT molecular complexity index is 359. The van der Waals surface area contributed by atoms with E-state index in [1.165, 1.54) is 0 Å². The zero-order valence-electron chi connectivity index (χ0n) is 10.6. The maximum Gasteiger partial charge on any atom is 0.303 e. The van der Waals surface area contributed by atoms with Crippen LogP contribution in [0.15, 0.2) is 24.3 Å². The average Bonchev–Trinajstić information content (AvgIpc) is 2.38. The van der Waals surface area contributed by atoms with Gasteiger partial charge < -0.3 is 14.9 Å². The minimum absolute atomic E-state index is 0.207. The van der Waals surface area contributed by atoms with Gasteiger partial charge in [-0.2, -0.15) is 0 Å². The van der Waals surface area contributed by atoms with Crippen LogP contribution in [0.1, 0.15) is 43.8 Å². The predicted molar refractivity (Wildman–Crippen MR) is 68.7 cm³/mol. The van der Waals surface area contributed by atoms with E-state index in [9.17, 15) is 9.90 Å². The number of carboxylic acid groups (broad SMARTS) is 1. The van der Waals surface area contributed by atoms with Gasteiger partial charge in [-0.3, -0.25) is 4.79 Å². The molecule has 4 nitrogen and oxygen atoms in total. The maximum atomic E-state index is 10.3. The predicted octanol–water partition coefficient (Wildman–Crippen LogP) is 2.76. The van der Waals surface area contributed by atoms with Crippen LogP contribution in [-0.2, 0) is 4.79 Å². The van der Waals surface area contributed by atoms with Crippen LogP contribution in [0, 0.1) is 0 Å². The Morgan fingerprint density at radius 1 is 1.22 bits per heavy atom. The molecule has 0 aliphatic rings. The first-order valence-electron chi connectivity index (χ1n) is 6.17. The first-order valence-corrected chi connectivity index (χ1v) is 6.17. The lowest BCUT2D eigenvalue weighted by molar-refractivity contribution is -0.137. The third kappa shape index (κ3) is 5.19. The summed E-state index contributed by atoms with van der Waals surface area (Å²) in [5.41, 5.74) is 0.869. The summed E-state index contributed by atoms with van der Waals surface area (Å²) in [4.78, 5) is 10.3. The minimum atomic E-state index is -0.759. The smallest absolute Gasteiger partial charge is 0.303 e. The summed E-state index contributed by atoms with van der Waals surface area (Å²) in [6.07, 6.45) is 2.72. The Balaban J connectivity index is 2.27. The molecule has 1 aromatic carbocycles. The van der Waals surface area contributed by atoms with E-state index < -0.39 is 12.1 Å². The number of benzene rings is 1. The van der Waals surface area contributed by atoms with Gasteiger partial charge in [0.1, 0.15) is 5.75 Å². The fourth-order valence-corrected chi connectivity index (χ4v) is 1.78. The Labute approximate surface area is 107 Å². The molecule has 0 spiro atoms. The van der Waals surface area contributed by atoms with E-state index in [1.807, 2.05) is 24.3 Å². The van der Waals surface area contributed by atoms with Crippen molar-refractivity contribution in [3.8, 4) is 5.75 Å². The Morgan fingerprint density at radius 3 is 2.44 bits per heavy atom. The van der Waals surface area contributed by atoms with Gasteiger partial charge in [0.05, 0.1) is 13.2 Å². The zero-order chi connectivity index (χ0) is 13.4. The van der Waals surface area contributed by atoms with Crippen LogP contribution >= 0.6 is 0 Å². The molecule has 0 saturated carbocycles. The number of carboxylic acids is 1. The summed E-state index contributed by atoms with van der Waals surface area (Å²) >= 11 is 0. The van der Waals surface area contributed by atoms with E-state index >= 15 is 0 Å². The molecule has 0 heterocycles. The number of ether oxygens (including phenoxy) is 1. The first kappa shape index (κ1) is 14.5. The maximum absolute atomic E-state index is 10.3. The van der Waals surface area contributed by atoms with Crippen LogP contribution in [0.5, 0.6) is 5.75 Å².